The number of nitrogens with two attached hydrogens (primary N) is 1. The predicted octanol–water partition coefficient (Wildman–Crippen LogP) is 3.43. The van der Waals surface area contributed by atoms with Crippen LogP contribution in [0, 0.1) is 16.0 Å². The number of nitro groups is 1. The molecule has 0 radical (unpaired) electrons. The summed E-state index contributed by atoms with van der Waals surface area (Å²) in [7, 11) is 0. The highest BCUT2D eigenvalue weighted by molar-refractivity contribution is 5.44. The van der Waals surface area contributed by atoms with Crippen LogP contribution in [0.3, 0.4) is 0 Å². The average molecular weight is 300 g/mol. The fourth-order valence-corrected chi connectivity index (χ4v) is 2.69. The van der Waals surface area contributed by atoms with Gasteiger partial charge >= 0.3 is 0 Å². The van der Waals surface area contributed by atoms with Crippen molar-refractivity contribution in [2.24, 2.45) is 11.7 Å². The van der Waals surface area contributed by atoms with Gasteiger partial charge in [0, 0.05) is 18.1 Å². The van der Waals surface area contributed by atoms with Crippen molar-refractivity contribution in [3.8, 4) is 5.75 Å². The largest absolute Gasteiger partial charge is 0.490 e. The molecule has 2 atom stereocenters. The van der Waals surface area contributed by atoms with E-state index in [1.165, 1.54) is 12.1 Å². The Morgan fingerprint density at radius 3 is 2.71 bits per heavy atom. The molecule has 0 saturated heterocycles. The zero-order valence-electron chi connectivity index (χ0n) is 11.5. The van der Waals surface area contributed by atoms with E-state index in [1.54, 1.807) is 0 Å². The van der Waals surface area contributed by atoms with Gasteiger partial charge in [0.1, 0.15) is 11.9 Å². The third kappa shape index (κ3) is 3.66. The second kappa shape index (κ2) is 6.80. The summed E-state index contributed by atoms with van der Waals surface area (Å²) in [4.78, 5) is 9.98. The normalized spacial score (nSPS) is 22.3. The maximum Gasteiger partial charge on any atom is 0.270 e. The summed E-state index contributed by atoms with van der Waals surface area (Å²) >= 11 is 0. The second-order valence-electron chi connectivity index (χ2n) is 5.22. The Morgan fingerprint density at radius 1 is 1.38 bits per heavy atom. The fourth-order valence-electron chi connectivity index (χ4n) is 2.69. The molecule has 5 nitrogen and oxygen atoms in total. The molecular formula is C14H18F2N2O3. The van der Waals surface area contributed by atoms with Gasteiger partial charge in [-0.1, -0.05) is 6.42 Å². The van der Waals surface area contributed by atoms with Gasteiger partial charge in [0.2, 0.25) is 0 Å². The Kier molecular flexibility index (Phi) is 5.06. The molecule has 2 rings (SSSR count). The quantitative estimate of drug-likeness (QED) is 0.667. The lowest BCUT2D eigenvalue weighted by atomic mass is 9.86. The van der Waals surface area contributed by atoms with Gasteiger partial charge in [-0.15, -0.1) is 0 Å². The van der Waals surface area contributed by atoms with Crippen molar-refractivity contribution >= 4 is 5.69 Å². The Hall–Kier alpha value is -1.76. The number of hydrogen-bond acceptors (Lipinski definition) is 4. The molecule has 1 fully saturated rings. The lowest BCUT2D eigenvalue weighted by Crippen LogP contribution is -2.35. The highest BCUT2D eigenvalue weighted by atomic mass is 19.3. The molecule has 0 bridgehead atoms. The molecule has 2 N–H and O–H groups in total. The lowest BCUT2D eigenvalue weighted by Gasteiger charge is -2.31. The van der Waals surface area contributed by atoms with Crippen LogP contribution in [0.2, 0.25) is 0 Å². The Labute approximate surface area is 121 Å². The number of nitrogens with zero attached hydrogens (tertiary/aromatic N) is 1. The van der Waals surface area contributed by atoms with E-state index in [0.29, 0.717) is 6.54 Å². The first-order valence-corrected chi connectivity index (χ1v) is 6.96. The van der Waals surface area contributed by atoms with Gasteiger partial charge in [0.15, 0.2) is 0 Å². The van der Waals surface area contributed by atoms with E-state index in [4.69, 9.17) is 10.5 Å². The summed E-state index contributed by atoms with van der Waals surface area (Å²) in [5.74, 6) is 0.153. The summed E-state index contributed by atoms with van der Waals surface area (Å²) < 4.78 is 31.9. The van der Waals surface area contributed by atoms with Gasteiger partial charge < -0.3 is 10.5 Å². The number of ether oxygens (including phenoxy) is 1. The van der Waals surface area contributed by atoms with E-state index >= 15 is 0 Å². The molecule has 0 spiro atoms. The fraction of sp³-hybridized carbons (Fsp3) is 0.571. The first-order chi connectivity index (χ1) is 10.0. The van der Waals surface area contributed by atoms with Crippen LogP contribution in [0.25, 0.3) is 0 Å². The van der Waals surface area contributed by atoms with Crippen LogP contribution in [-0.2, 0) is 0 Å². The Morgan fingerprint density at radius 2 is 2.10 bits per heavy atom. The van der Waals surface area contributed by atoms with Crippen LogP contribution < -0.4 is 10.5 Å². The van der Waals surface area contributed by atoms with Gasteiger partial charge in [-0.05, 0) is 31.9 Å². The van der Waals surface area contributed by atoms with E-state index in [0.717, 1.165) is 31.7 Å². The van der Waals surface area contributed by atoms with Crippen molar-refractivity contribution in [2.75, 3.05) is 6.54 Å². The Balaban J connectivity index is 2.24. The number of non-ortho nitro benzene ring substituents is 1. The zero-order chi connectivity index (χ0) is 15.4. The van der Waals surface area contributed by atoms with Crippen molar-refractivity contribution < 1.29 is 18.4 Å². The van der Waals surface area contributed by atoms with Gasteiger partial charge in [0.05, 0.1) is 10.5 Å². The summed E-state index contributed by atoms with van der Waals surface area (Å²) in [6.07, 6.45) is 0.684. The first kappa shape index (κ1) is 15.6. The van der Waals surface area contributed by atoms with Crippen molar-refractivity contribution in [2.45, 2.75) is 38.2 Å². The molecule has 1 aromatic rings. The van der Waals surface area contributed by atoms with Crippen molar-refractivity contribution in [3.05, 3.63) is 33.9 Å². The zero-order valence-corrected chi connectivity index (χ0v) is 11.5. The van der Waals surface area contributed by atoms with Gasteiger partial charge in [-0.2, -0.15) is 0 Å². The summed E-state index contributed by atoms with van der Waals surface area (Å²) in [5, 5.41) is 10.7. The molecule has 116 valence electrons. The molecule has 2 unspecified atom stereocenters. The molecular weight excluding hydrogens is 282 g/mol. The molecule has 1 aliphatic rings. The molecule has 1 aromatic carbocycles. The number of halogens is 2. The maximum absolute atomic E-state index is 13.1. The molecule has 7 heteroatoms. The topological polar surface area (TPSA) is 78.4 Å². The monoisotopic (exact) mass is 300 g/mol. The molecule has 1 saturated carbocycles. The molecule has 0 amide bonds. The minimum atomic E-state index is -2.82. The van der Waals surface area contributed by atoms with Gasteiger partial charge in [-0.25, -0.2) is 8.78 Å². The minimum Gasteiger partial charge on any atom is -0.490 e. The highest BCUT2D eigenvalue weighted by Crippen LogP contribution is 2.35. The van der Waals surface area contributed by atoms with Crippen LogP contribution in [-0.4, -0.2) is 17.6 Å². The van der Waals surface area contributed by atoms with Gasteiger partial charge in [-0.3, -0.25) is 10.1 Å². The van der Waals surface area contributed by atoms with Crippen LogP contribution in [0.4, 0.5) is 14.5 Å². The molecule has 0 aliphatic heterocycles. The number of alkyl halides is 2. The number of benzene rings is 1. The summed E-state index contributed by atoms with van der Waals surface area (Å²) in [5.41, 5.74) is 4.89. The van der Waals surface area contributed by atoms with E-state index in [2.05, 4.69) is 0 Å². The third-order valence-corrected chi connectivity index (χ3v) is 3.86. The first-order valence-electron chi connectivity index (χ1n) is 6.96. The summed E-state index contributed by atoms with van der Waals surface area (Å²) in [6, 6.07) is 3.31. The molecule has 0 heterocycles. The minimum absolute atomic E-state index is 0.0148. The number of nitro benzene ring substituents is 1. The van der Waals surface area contributed by atoms with Crippen LogP contribution in [0.1, 0.15) is 37.7 Å². The highest BCUT2D eigenvalue weighted by Gasteiger charge is 2.28. The molecule has 1 aliphatic carbocycles. The van der Waals surface area contributed by atoms with E-state index in [1.807, 2.05) is 0 Å². The second-order valence-corrected chi connectivity index (χ2v) is 5.22. The van der Waals surface area contributed by atoms with Crippen LogP contribution >= 0.6 is 0 Å². The van der Waals surface area contributed by atoms with E-state index in [9.17, 15) is 18.9 Å². The van der Waals surface area contributed by atoms with E-state index < -0.39 is 16.9 Å². The van der Waals surface area contributed by atoms with Crippen molar-refractivity contribution in [3.63, 3.8) is 0 Å². The molecule has 21 heavy (non-hydrogen) atoms. The van der Waals surface area contributed by atoms with Crippen LogP contribution in [0.5, 0.6) is 5.75 Å². The van der Waals surface area contributed by atoms with Gasteiger partial charge in [0.25, 0.3) is 12.1 Å². The average Bonchev–Trinajstić information content (AvgIpc) is 2.47. The molecule has 0 aromatic heterocycles. The number of rotatable bonds is 5. The standard InChI is InChI=1S/C14H18F2N2O3/c15-14(16)11-7-10(18(19)20)5-6-13(11)21-12-4-2-1-3-9(12)8-17/h5-7,9,12,14H,1-4,8,17H2. The lowest BCUT2D eigenvalue weighted by molar-refractivity contribution is -0.385. The predicted molar refractivity (Wildman–Crippen MR) is 73.5 cm³/mol. The SMILES string of the molecule is NCC1CCCCC1Oc1ccc([N+](=O)[O-])cc1C(F)F. The van der Waals surface area contributed by atoms with Crippen molar-refractivity contribution in [1.82, 2.24) is 0 Å². The van der Waals surface area contributed by atoms with E-state index in [-0.39, 0.29) is 23.5 Å². The third-order valence-electron chi connectivity index (χ3n) is 3.86. The van der Waals surface area contributed by atoms with Crippen molar-refractivity contribution in [1.29, 1.82) is 0 Å². The smallest absolute Gasteiger partial charge is 0.270 e. The maximum atomic E-state index is 13.1. The summed E-state index contributed by atoms with van der Waals surface area (Å²) in [6.45, 7) is 0.446. The van der Waals surface area contributed by atoms with Crippen LogP contribution in [0.15, 0.2) is 18.2 Å². The Bertz CT molecular complexity index is 511. The number of hydrogen-bond donors (Lipinski definition) is 1.